The van der Waals surface area contributed by atoms with Gasteiger partial charge in [0.15, 0.2) is 0 Å². The first-order valence-corrected chi connectivity index (χ1v) is 6.73. The van der Waals surface area contributed by atoms with Gasteiger partial charge in [0.1, 0.15) is 0 Å². The van der Waals surface area contributed by atoms with Crippen LogP contribution < -0.4 is 0 Å². The lowest BCUT2D eigenvalue weighted by Crippen LogP contribution is -2.33. The number of imide groups is 1. The zero-order valence-corrected chi connectivity index (χ0v) is 12.3. The maximum Gasteiger partial charge on any atom is 0.414 e. The number of nitrogens with zero attached hydrogens (tertiary/aromatic N) is 2. The van der Waals surface area contributed by atoms with Crippen LogP contribution in [0.1, 0.15) is 35.0 Å². The van der Waals surface area contributed by atoms with Crippen molar-refractivity contribution in [2.45, 2.75) is 18.8 Å². The summed E-state index contributed by atoms with van der Waals surface area (Å²) in [4.78, 5) is 25.8. The van der Waals surface area contributed by atoms with E-state index in [1.165, 1.54) is 6.08 Å². The highest BCUT2D eigenvalue weighted by molar-refractivity contribution is 6.05. The average molecular weight is 321 g/mol. The fraction of sp³-hybridized carbons (Fsp3) is 0.333. The monoisotopic (exact) mass is 321 g/mol. The van der Waals surface area contributed by atoms with Gasteiger partial charge >= 0.3 is 6.09 Å². The first-order valence-electron chi connectivity index (χ1n) is 11.5. The number of hydrogen-bond donors (Lipinski definition) is 1. The van der Waals surface area contributed by atoms with E-state index in [0.29, 0.717) is 4.90 Å². The van der Waals surface area contributed by atoms with Crippen LogP contribution in [-0.4, -0.2) is 41.0 Å². The first kappa shape index (κ1) is 7.81. The zero-order valence-electron chi connectivity index (χ0n) is 21.3. The van der Waals surface area contributed by atoms with Gasteiger partial charge in [-0.25, -0.2) is 9.69 Å². The van der Waals surface area contributed by atoms with Crippen molar-refractivity contribution in [3.8, 4) is 0 Å². The third-order valence-corrected chi connectivity index (χ3v) is 3.51. The fourth-order valence-corrected chi connectivity index (χ4v) is 2.67. The van der Waals surface area contributed by atoms with Crippen molar-refractivity contribution >= 4 is 12.0 Å². The van der Waals surface area contributed by atoms with Crippen LogP contribution in [0.2, 0.25) is 0 Å². The van der Waals surface area contributed by atoms with E-state index in [2.05, 4.69) is 6.58 Å². The molecule has 3 rings (SSSR count). The topological polar surface area (TPSA) is 60.9 Å². The van der Waals surface area contributed by atoms with Gasteiger partial charge in [0, 0.05) is 37.2 Å². The second-order valence-corrected chi connectivity index (χ2v) is 5.06. The Morgan fingerprint density at radius 2 is 2.57 bits per heavy atom. The highest BCUT2D eigenvalue weighted by Crippen LogP contribution is 2.50. The zero-order chi connectivity index (χ0) is 24.5. The number of rotatable bonds is 3. The molecule has 3 atom stereocenters. The van der Waals surface area contributed by atoms with Crippen molar-refractivity contribution in [2.24, 2.45) is 5.89 Å². The summed E-state index contributed by atoms with van der Waals surface area (Å²) >= 11 is 0. The van der Waals surface area contributed by atoms with Gasteiger partial charge in [-0.3, -0.25) is 4.79 Å². The largest absolute Gasteiger partial charge is 0.465 e. The summed E-state index contributed by atoms with van der Waals surface area (Å²) in [5.41, 5.74) is -1.58. The molecule has 1 saturated heterocycles. The molecule has 0 radical (unpaired) electrons. The van der Waals surface area contributed by atoms with E-state index in [1.807, 2.05) is 0 Å². The number of carbonyl (C=O) groups is 2. The molecule has 1 heterocycles. The van der Waals surface area contributed by atoms with E-state index in [4.69, 9.17) is 12.3 Å². The van der Waals surface area contributed by atoms with E-state index in [1.54, 1.807) is 0 Å². The Morgan fingerprint density at radius 1 is 1.78 bits per heavy atom. The van der Waals surface area contributed by atoms with Crippen molar-refractivity contribution in [3.05, 3.63) is 59.2 Å². The van der Waals surface area contributed by atoms with Gasteiger partial charge in [0.05, 0.1) is 12.9 Å². The summed E-state index contributed by atoms with van der Waals surface area (Å²) in [6.07, 6.45) is -3.39. The predicted molar refractivity (Wildman–Crippen MR) is 86.9 cm³/mol. The van der Waals surface area contributed by atoms with Gasteiger partial charge in [-0.2, -0.15) is 0 Å². The van der Waals surface area contributed by atoms with E-state index >= 15 is 0 Å². The second kappa shape index (κ2) is 5.57. The standard InChI is InChI=1S/C18H20N2O3/c1-4-6-11-7-5-8-12-13(11)9-14-15(10-19(2)3)17(21)20(16(12)14)18(22)23/h4-5,7-8,10,14,16H,1,6,9H2,2-3H3,(H,22,23)/b15-10-/i2D2,5D,7D,8D,9D,10D,14D,16D. The molecular weight excluding hydrogens is 292 g/mol. The lowest BCUT2D eigenvalue weighted by atomic mass is 9.96. The molecule has 5 nitrogen and oxygen atoms in total. The van der Waals surface area contributed by atoms with Crippen molar-refractivity contribution < 1.29 is 27.0 Å². The summed E-state index contributed by atoms with van der Waals surface area (Å²) in [7, 11) is 1.11. The summed E-state index contributed by atoms with van der Waals surface area (Å²) in [5, 5.41) is 9.76. The number of likely N-dealkylation sites (tertiary alicyclic amines) is 1. The molecule has 0 bridgehead atoms. The van der Waals surface area contributed by atoms with Crippen LogP contribution in [0.4, 0.5) is 4.79 Å². The fourth-order valence-electron chi connectivity index (χ4n) is 2.67. The molecule has 1 fully saturated rings. The Morgan fingerprint density at radius 3 is 3.22 bits per heavy atom. The summed E-state index contributed by atoms with van der Waals surface area (Å²) in [5.74, 6) is -4.19. The van der Waals surface area contributed by atoms with Gasteiger partial charge in [-0.1, -0.05) is 24.2 Å². The van der Waals surface area contributed by atoms with Gasteiger partial charge < -0.3 is 10.0 Å². The van der Waals surface area contributed by atoms with Gasteiger partial charge in [0.2, 0.25) is 0 Å². The summed E-state index contributed by atoms with van der Waals surface area (Å²) < 4.78 is 74.8. The number of allylic oxidation sites excluding steroid dienone is 1. The van der Waals surface area contributed by atoms with Crippen LogP contribution in [0, 0.1) is 5.89 Å². The SMILES string of the molecule is [2H]/C(=C1/C(=O)N(C(=O)O)C2([2H])c3c([2H])c([2H])c([2H])c(CC=C)c3C([2H])C12[2H])N(C)C([2H])[2H]. The van der Waals surface area contributed by atoms with Gasteiger partial charge in [-0.15, -0.1) is 6.58 Å². The van der Waals surface area contributed by atoms with Crippen molar-refractivity contribution in [3.63, 3.8) is 0 Å². The Hall–Kier alpha value is -2.56. The van der Waals surface area contributed by atoms with Gasteiger partial charge in [-0.05, 0) is 29.5 Å². The van der Waals surface area contributed by atoms with Crippen molar-refractivity contribution in [1.29, 1.82) is 0 Å². The highest BCUT2D eigenvalue weighted by atomic mass is 16.4. The molecule has 0 aromatic heterocycles. The summed E-state index contributed by atoms with van der Waals surface area (Å²) in [6, 6.07) is -4.73. The molecule has 1 aromatic carbocycles. The van der Waals surface area contributed by atoms with Crippen LogP contribution in [0.5, 0.6) is 0 Å². The second-order valence-electron chi connectivity index (χ2n) is 5.06. The summed E-state index contributed by atoms with van der Waals surface area (Å²) in [6.45, 7) is 1.75. The first-order chi connectivity index (χ1) is 14.7. The third kappa shape index (κ3) is 2.32. The molecule has 5 heteroatoms. The maximum absolute atomic E-state index is 13.1. The van der Waals surface area contributed by atoms with E-state index in [0.717, 1.165) is 7.05 Å². The Kier molecular flexibility index (Phi) is 1.89. The van der Waals surface area contributed by atoms with E-state index in [-0.39, 0.29) is 22.4 Å². The van der Waals surface area contributed by atoms with Crippen molar-refractivity contribution in [2.75, 3.05) is 14.0 Å². The number of carbonyl (C=O) groups excluding carboxylic acids is 1. The van der Waals surface area contributed by atoms with Crippen LogP contribution in [0.25, 0.3) is 0 Å². The molecule has 0 saturated carbocycles. The van der Waals surface area contributed by atoms with Crippen LogP contribution in [0.15, 0.2) is 42.5 Å². The van der Waals surface area contributed by atoms with Crippen LogP contribution in [-0.2, 0) is 17.6 Å². The molecule has 23 heavy (non-hydrogen) atoms. The van der Waals surface area contributed by atoms with E-state index in [9.17, 15) is 14.7 Å². The average Bonchev–Trinajstić information content (AvgIpc) is 3.00. The molecule has 1 aromatic rings. The number of hydrogen-bond acceptors (Lipinski definition) is 3. The number of benzene rings is 1. The van der Waals surface area contributed by atoms with Crippen LogP contribution >= 0.6 is 0 Å². The Bertz CT molecular complexity index is 1090. The normalized spacial score (nSPS) is 39.6. The number of fused-ring (bicyclic) bond motifs is 3. The molecule has 1 aliphatic carbocycles. The minimum Gasteiger partial charge on any atom is -0.465 e. The van der Waals surface area contributed by atoms with E-state index < -0.39 is 72.7 Å². The third-order valence-electron chi connectivity index (χ3n) is 3.51. The molecule has 120 valence electrons. The smallest absolute Gasteiger partial charge is 0.414 e. The molecule has 2 amide bonds. The quantitative estimate of drug-likeness (QED) is 0.687. The molecule has 2 aliphatic rings. The van der Waals surface area contributed by atoms with Gasteiger partial charge in [0.25, 0.3) is 5.91 Å². The maximum atomic E-state index is 13.1. The predicted octanol–water partition coefficient (Wildman–Crippen LogP) is 2.59. The molecule has 3 unspecified atom stereocenters. The lowest BCUT2D eigenvalue weighted by Gasteiger charge is -2.19. The lowest BCUT2D eigenvalue weighted by molar-refractivity contribution is -0.124. The molecule has 1 N–H and O–H groups in total. The molecule has 0 spiro atoms. The Labute approximate surface area is 148 Å². The minimum absolute atomic E-state index is 0.0135. The van der Waals surface area contributed by atoms with Crippen molar-refractivity contribution in [1.82, 2.24) is 9.80 Å². The number of carboxylic acid groups (broad SMARTS) is 1. The minimum atomic E-state index is -2.89. The number of amides is 2. The highest BCUT2D eigenvalue weighted by Gasteiger charge is 2.52. The molecule has 1 aliphatic heterocycles. The Balaban J connectivity index is 2.54. The van der Waals surface area contributed by atoms with Crippen LogP contribution in [0.3, 0.4) is 0 Å². The molecular formula is C18H20N2O3.